The van der Waals surface area contributed by atoms with Crippen molar-refractivity contribution in [1.29, 1.82) is 0 Å². The molecule has 200 valence electrons. The fourth-order valence-electron chi connectivity index (χ4n) is 7.42. The smallest absolute Gasteiger partial charge is 0.252 e. The monoisotopic (exact) mass is 551 g/mol. The summed E-state index contributed by atoms with van der Waals surface area (Å²) in [4.78, 5) is 3.70. The Bertz CT molecular complexity index is 2380. The number of aromatic nitrogens is 1. The average molecular weight is 551 g/mol. The average Bonchev–Trinajstić information content (AvgIpc) is 3.38. The topological polar surface area (TPSA) is 21.3 Å². The Morgan fingerprint density at radius 3 is 2.40 bits per heavy atom. The van der Waals surface area contributed by atoms with Crippen LogP contribution in [0.2, 0.25) is 0 Å². The first kappa shape index (κ1) is 24.0. The van der Waals surface area contributed by atoms with E-state index in [0.29, 0.717) is 5.69 Å². The van der Waals surface area contributed by atoms with Gasteiger partial charge < -0.3 is 9.88 Å². The molecule has 5 heteroatoms. The van der Waals surface area contributed by atoms with E-state index in [2.05, 4.69) is 119 Å². The Morgan fingerprint density at radius 2 is 1.51 bits per heavy atom. The predicted molar refractivity (Wildman–Crippen MR) is 177 cm³/mol. The zero-order valence-corrected chi connectivity index (χ0v) is 23.3. The Morgan fingerprint density at radius 1 is 0.744 bits per heavy atom. The lowest BCUT2D eigenvalue weighted by Crippen LogP contribution is -2.59. The first-order valence-electron chi connectivity index (χ1n) is 14.5. The van der Waals surface area contributed by atoms with Crippen molar-refractivity contribution < 1.29 is 4.39 Å². The molecule has 3 heterocycles. The molecule has 0 saturated carbocycles. The molecule has 0 bridgehead atoms. The van der Waals surface area contributed by atoms with Gasteiger partial charge in [-0.2, -0.15) is 0 Å². The maximum atomic E-state index is 14.2. The van der Waals surface area contributed by atoms with Gasteiger partial charge in [-0.05, 0) is 75.9 Å². The summed E-state index contributed by atoms with van der Waals surface area (Å²) in [5.74, 6) is -0.406. The number of anilines is 2. The van der Waals surface area contributed by atoms with Crippen LogP contribution in [0.3, 0.4) is 0 Å². The number of halogens is 1. The van der Waals surface area contributed by atoms with Gasteiger partial charge in [-0.15, -0.1) is 0 Å². The SMILES string of the molecule is [C-]#[N+]c1cc(F)ccc1-c1cc2c3c(c1)-n1c4ccccc4c4cccc(c41)B3c1cccc(-c3ccccc3C)c1N2. The summed E-state index contributed by atoms with van der Waals surface area (Å²) < 4.78 is 16.6. The van der Waals surface area contributed by atoms with Crippen LogP contribution in [0, 0.1) is 19.3 Å². The second-order valence-electron chi connectivity index (χ2n) is 11.5. The van der Waals surface area contributed by atoms with Crippen LogP contribution >= 0.6 is 0 Å². The molecule has 2 aliphatic heterocycles. The molecule has 0 fully saturated rings. The molecule has 0 aliphatic carbocycles. The highest BCUT2D eigenvalue weighted by molar-refractivity contribution is 7.00. The minimum absolute atomic E-state index is 0.0216. The minimum Gasteiger partial charge on any atom is -0.356 e. The van der Waals surface area contributed by atoms with Crippen LogP contribution in [0.15, 0.2) is 115 Å². The van der Waals surface area contributed by atoms with Crippen LogP contribution in [0.25, 0.3) is 54.6 Å². The van der Waals surface area contributed by atoms with Gasteiger partial charge >= 0.3 is 0 Å². The fraction of sp³-hybridized carbons (Fsp3) is 0.0263. The number of nitrogens with zero attached hydrogens (tertiary/aromatic N) is 2. The number of hydrogen-bond acceptors (Lipinski definition) is 1. The fourth-order valence-corrected chi connectivity index (χ4v) is 7.42. The zero-order chi connectivity index (χ0) is 28.8. The van der Waals surface area contributed by atoms with Crippen LogP contribution in [0.1, 0.15) is 5.56 Å². The minimum atomic E-state index is -0.406. The van der Waals surface area contributed by atoms with Gasteiger partial charge in [0.05, 0.1) is 12.1 Å². The number of aryl methyl sites for hydroxylation is 1. The van der Waals surface area contributed by atoms with E-state index in [1.807, 2.05) is 0 Å². The molecule has 3 nitrogen and oxygen atoms in total. The molecule has 0 unspecified atom stereocenters. The number of benzene rings is 6. The first-order valence-corrected chi connectivity index (χ1v) is 14.5. The van der Waals surface area contributed by atoms with Crippen molar-refractivity contribution in [2.24, 2.45) is 0 Å². The molecule has 9 rings (SSSR count). The van der Waals surface area contributed by atoms with E-state index >= 15 is 0 Å². The molecular formula is C38H23BFN3. The van der Waals surface area contributed by atoms with E-state index in [4.69, 9.17) is 6.57 Å². The molecule has 0 atom stereocenters. The summed E-state index contributed by atoms with van der Waals surface area (Å²) in [5.41, 5.74) is 14.8. The summed E-state index contributed by atoms with van der Waals surface area (Å²) in [6.45, 7) is 9.99. The number of fused-ring (bicyclic) bond motifs is 7. The summed E-state index contributed by atoms with van der Waals surface area (Å²) >= 11 is 0. The molecule has 1 N–H and O–H groups in total. The van der Waals surface area contributed by atoms with Crippen LogP contribution in [0.4, 0.5) is 21.5 Å². The van der Waals surface area contributed by atoms with Gasteiger partial charge in [0.2, 0.25) is 0 Å². The maximum absolute atomic E-state index is 14.2. The van der Waals surface area contributed by atoms with Gasteiger partial charge in [-0.3, -0.25) is 0 Å². The largest absolute Gasteiger partial charge is 0.356 e. The number of rotatable bonds is 2. The van der Waals surface area contributed by atoms with Crippen molar-refractivity contribution >= 4 is 62.0 Å². The van der Waals surface area contributed by atoms with Gasteiger partial charge in [-0.1, -0.05) is 84.9 Å². The second kappa shape index (κ2) is 8.70. The quantitative estimate of drug-likeness (QED) is 0.171. The lowest BCUT2D eigenvalue weighted by molar-refractivity contribution is 0.629. The van der Waals surface area contributed by atoms with E-state index in [1.165, 1.54) is 55.9 Å². The molecular weight excluding hydrogens is 528 g/mol. The van der Waals surface area contributed by atoms with Crippen molar-refractivity contribution in [2.45, 2.75) is 6.92 Å². The Hall–Kier alpha value is -5.60. The lowest BCUT2D eigenvalue weighted by Gasteiger charge is -2.36. The number of hydrogen-bond donors (Lipinski definition) is 1. The van der Waals surface area contributed by atoms with Crippen molar-refractivity contribution in [3.8, 4) is 27.9 Å². The molecule has 7 aromatic rings. The van der Waals surface area contributed by atoms with Gasteiger partial charge in [0.15, 0.2) is 5.69 Å². The standard InChI is InChI=1S/C38H23BFN3/c1-22-9-3-4-10-25(22)28-12-7-14-30-37(28)42-33-19-23(26-18-17-24(40)21-32(26)41-2)20-35-36(33)39(30)31-15-8-13-29-27-11-5-6-16-34(27)43(35)38(29)31/h3-21,42H,1H3. The Balaban J connectivity index is 1.43. The third-order valence-corrected chi connectivity index (χ3v) is 9.22. The van der Waals surface area contributed by atoms with Crippen molar-refractivity contribution in [2.75, 3.05) is 5.32 Å². The summed E-state index contributed by atoms with van der Waals surface area (Å²) in [6, 6.07) is 39.2. The summed E-state index contributed by atoms with van der Waals surface area (Å²) in [6.07, 6.45) is 0. The lowest BCUT2D eigenvalue weighted by atomic mass is 9.34. The van der Waals surface area contributed by atoms with Crippen LogP contribution < -0.4 is 21.7 Å². The predicted octanol–water partition coefficient (Wildman–Crippen LogP) is 8.00. The van der Waals surface area contributed by atoms with Crippen molar-refractivity contribution in [1.82, 2.24) is 4.57 Å². The highest BCUT2D eigenvalue weighted by atomic mass is 19.1. The molecule has 0 amide bonds. The van der Waals surface area contributed by atoms with Crippen molar-refractivity contribution in [3.05, 3.63) is 138 Å². The number of para-hydroxylation sites is 3. The third-order valence-electron chi connectivity index (χ3n) is 9.22. The highest BCUT2D eigenvalue weighted by Gasteiger charge is 2.40. The van der Waals surface area contributed by atoms with Gasteiger partial charge in [0, 0.05) is 38.9 Å². The summed E-state index contributed by atoms with van der Waals surface area (Å²) in [7, 11) is 0. The second-order valence-corrected chi connectivity index (χ2v) is 11.5. The van der Waals surface area contributed by atoms with Gasteiger partial charge in [0.1, 0.15) is 5.82 Å². The molecule has 6 aromatic carbocycles. The van der Waals surface area contributed by atoms with Crippen LogP contribution in [0.5, 0.6) is 0 Å². The van der Waals surface area contributed by atoms with E-state index in [9.17, 15) is 4.39 Å². The molecule has 0 saturated heterocycles. The molecule has 2 aliphatic rings. The Labute approximate surface area is 248 Å². The normalized spacial score (nSPS) is 12.5. The zero-order valence-electron chi connectivity index (χ0n) is 23.3. The third kappa shape index (κ3) is 3.24. The number of nitrogens with one attached hydrogen (secondary N) is 1. The molecule has 43 heavy (non-hydrogen) atoms. The van der Waals surface area contributed by atoms with E-state index < -0.39 is 5.82 Å². The van der Waals surface area contributed by atoms with E-state index in [-0.39, 0.29) is 6.71 Å². The Kier molecular flexibility index (Phi) is 4.87. The van der Waals surface area contributed by atoms with E-state index in [1.54, 1.807) is 6.07 Å². The maximum Gasteiger partial charge on any atom is 0.252 e. The highest BCUT2D eigenvalue weighted by Crippen LogP contribution is 2.42. The van der Waals surface area contributed by atoms with Crippen molar-refractivity contribution in [3.63, 3.8) is 0 Å². The van der Waals surface area contributed by atoms with Gasteiger partial charge in [0.25, 0.3) is 6.71 Å². The van der Waals surface area contributed by atoms with Crippen LogP contribution in [-0.4, -0.2) is 11.3 Å². The first-order chi connectivity index (χ1) is 21.1. The molecule has 1 aromatic heterocycles. The van der Waals surface area contributed by atoms with Gasteiger partial charge in [-0.25, -0.2) is 9.24 Å². The summed E-state index contributed by atoms with van der Waals surface area (Å²) in [5, 5.41) is 6.31. The van der Waals surface area contributed by atoms with Crippen LogP contribution in [-0.2, 0) is 0 Å². The molecule has 0 radical (unpaired) electrons. The molecule has 0 spiro atoms. The van der Waals surface area contributed by atoms with E-state index in [0.717, 1.165) is 39.3 Å².